The third-order valence-electron chi connectivity index (χ3n) is 3.80. The topological polar surface area (TPSA) is 208 Å². The Labute approximate surface area is 161 Å². The summed E-state index contributed by atoms with van der Waals surface area (Å²) in [6, 6.07) is -4.92. The standard InChI is InChI=1S/C16H28N4O8/c1-7(2)12(16(27)28)20-15(26)10(4-5-11(22)23)19-13(24)8(3)18-14(25)9(17)6-21/h7-10,12,21H,4-6,17H2,1-3H3,(H,18,25)(H,19,24)(H,20,26)(H,22,23)(H,27,28). The van der Waals surface area contributed by atoms with Crippen LogP contribution in [-0.4, -0.2) is 75.8 Å². The molecule has 28 heavy (non-hydrogen) atoms. The van der Waals surface area contributed by atoms with Gasteiger partial charge >= 0.3 is 11.9 Å². The van der Waals surface area contributed by atoms with Crippen LogP contribution in [0.25, 0.3) is 0 Å². The number of carbonyl (C=O) groups is 5. The Morgan fingerprint density at radius 1 is 0.893 bits per heavy atom. The van der Waals surface area contributed by atoms with Crippen LogP contribution in [0, 0.1) is 5.92 Å². The molecule has 4 atom stereocenters. The molecule has 0 aromatic carbocycles. The molecule has 12 heteroatoms. The van der Waals surface area contributed by atoms with Crippen molar-refractivity contribution in [2.75, 3.05) is 6.61 Å². The third-order valence-corrected chi connectivity index (χ3v) is 3.80. The lowest BCUT2D eigenvalue weighted by Gasteiger charge is -2.24. The number of rotatable bonds is 12. The number of hydrogen-bond acceptors (Lipinski definition) is 7. The largest absolute Gasteiger partial charge is 0.481 e. The zero-order chi connectivity index (χ0) is 22.0. The molecule has 8 N–H and O–H groups in total. The summed E-state index contributed by atoms with van der Waals surface area (Å²) in [7, 11) is 0. The minimum absolute atomic E-state index is 0.284. The number of carboxylic acids is 2. The molecule has 4 unspecified atom stereocenters. The molecule has 0 aromatic heterocycles. The Bertz CT molecular complexity index is 595. The number of aliphatic hydroxyl groups is 1. The fraction of sp³-hybridized carbons (Fsp3) is 0.688. The quantitative estimate of drug-likeness (QED) is 0.181. The second kappa shape index (κ2) is 11.9. The van der Waals surface area contributed by atoms with E-state index in [1.807, 2.05) is 0 Å². The van der Waals surface area contributed by atoms with E-state index < -0.39 is 72.8 Å². The molecule has 0 aliphatic rings. The van der Waals surface area contributed by atoms with Gasteiger partial charge in [0.2, 0.25) is 17.7 Å². The molecule has 0 saturated carbocycles. The molecule has 0 aromatic rings. The third kappa shape index (κ3) is 8.77. The van der Waals surface area contributed by atoms with Crippen molar-refractivity contribution in [3.8, 4) is 0 Å². The Hall–Kier alpha value is -2.73. The minimum atomic E-state index is -1.32. The van der Waals surface area contributed by atoms with Gasteiger partial charge in [-0.05, 0) is 19.3 Å². The maximum Gasteiger partial charge on any atom is 0.326 e. The van der Waals surface area contributed by atoms with E-state index in [0.717, 1.165) is 0 Å². The lowest BCUT2D eigenvalue weighted by molar-refractivity contribution is -0.144. The second-order valence-corrected chi connectivity index (χ2v) is 6.58. The lowest BCUT2D eigenvalue weighted by Crippen LogP contribution is -2.57. The smallest absolute Gasteiger partial charge is 0.326 e. The van der Waals surface area contributed by atoms with Crippen LogP contribution in [0.1, 0.15) is 33.6 Å². The lowest BCUT2D eigenvalue weighted by atomic mass is 10.0. The first-order valence-corrected chi connectivity index (χ1v) is 8.62. The van der Waals surface area contributed by atoms with Crippen LogP contribution in [0.15, 0.2) is 0 Å². The number of aliphatic carboxylic acids is 2. The van der Waals surface area contributed by atoms with Crippen molar-refractivity contribution in [2.24, 2.45) is 11.7 Å². The number of nitrogens with two attached hydrogens (primary N) is 1. The van der Waals surface area contributed by atoms with Crippen LogP contribution in [0.4, 0.5) is 0 Å². The Balaban J connectivity index is 5.15. The van der Waals surface area contributed by atoms with Gasteiger partial charge in [0.15, 0.2) is 0 Å². The number of nitrogens with one attached hydrogen (secondary N) is 3. The maximum atomic E-state index is 12.4. The zero-order valence-corrected chi connectivity index (χ0v) is 16.0. The summed E-state index contributed by atoms with van der Waals surface area (Å²) in [5.74, 6) is -5.38. The van der Waals surface area contributed by atoms with Gasteiger partial charge in [-0.3, -0.25) is 19.2 Å². The van der Waals surface area contributed by atoms with E-state index in [-0.39, 0.29) is 6.42 Å². The van der Waals surface area contributed by atoms with E-state index in [2.05, 4.69) is 16.0 Å². The highest BCUT2D eigenvalue weighted by Gasteiger charge is 2.30. The summed E-state index contributed by atoms with van der Waals surface area (Å²) >= 11 is 0. The molecule has 0 saturated heterocycles. The SMILES string of the molecule is CC(NC(=O)C(N)CO)C(=O)NC(CCC(=O)O)C(=O)NC(C(=O)O)C(C)C. The molecule has 0 spiro atoms. The van der Waals surface area contributed by atoms with E-state index in [9.17, 15) is 24.0 Å². The van der Waals surface area contributed by atoms with Crippen LogP contribution in [0.2, 0.25) is 0 Å². The van der Waals surface area contributed by atoms with Crippen LogP contribution in [-0.2, 0) is 24.0 Å². The highest BCUT2D eigenvalue weighted by molar-refractivity contribution is 5.94. The fourth-order valence-corrected chi connectivity index (χ4v) is 2.07. The average molecular weight is 404 g/mol. The van der Waals surface area contributed by atoms with Gasteiger partial charge in [0.25, 0.3) is 0 Å². The molecule has 3 amide bonds. The van der Waals surface area contributed by atoms with Crippen molar-refractivity contribution < 1.29 is 39.3 Å². The molecule has 0 aliphatic carbocycles. The van der Waals surface area contributed by atoms with Crippen LogP contribution < -0.4 is 21.7 Å². The van der Waals surface area contributed by atoms with Crippen LogP contribution in [0.5, 0.6) is 0 Å². The molecule has 0 bridgehead atoms. The van der Waals surface area contributed by atoms with Gasteiger partial charge in [0.05, 0.1) is 6.61 Å². The first-order valence-electron chi connectivity index (χ1n) is 8.62. The van der Waals surface area contributed by atoms with Gasteiger partial charge in [-0.15, -0.1) is 0 Å². The van der Waals surface area contributed by atoms with Crippen molar-refractivity contribution in [1.82, 2.24) is 16.0 Å². The molecule has 0 aliphatic heterocycles. The molecule has 0 fully saturated rings. The second-order valence-electron chi connectivity index (χ2n) is 6.58. The van der Waals surface area contributed by atoms with Crippen molar-refractivity contribution in [2.45, 2.75) is 57.8 Å². The molecular weight excluding hydrogens is 376 g/mol. The van der Waals surface area contributed by atoms with Crippen LogP contribution in [0.3, 0.4) is 0 Å². The predicted octanol–water partition coefficient (Wildman–Crippen LogP) is -2.61. The van der Waals surface area contributed by atoms with Crippen molar-refractivity contribution in [3.63, 3.8) is 0 Å². The number of amides is 3. The highest BCUT2D eigenvalue weighted by atomic mass is 16.4. The molecule has 0 radical (unpaired) electrons. The van der Waals surface area contributed by atoms with E-state index >= 15 is 0 Å². The first-order chi connectivity index (χ1) is 12.9. The molecule has 160 valence electrons. The Morgan fingerprint density at radius 2 is 1.46 bits per heavy atom. The molecule has 12 nitrogen and oxygen atoms in total. The van der Waals surface area contributed by atoms with Gasteiger partial charge in [-0.2, -0.15) is 0 Å². The van der Waals surface area contributed by atoms with Gasteiger partial charge in [-0.1, -0.05) is 13.8 Å². The Kier molecular flexibility index (Phi) is 10.7. The van der Waals surface area contributed by atoms with E-state index in [0.29, 0.717) is 0 Å². The summed E-state index contributed by atoms with van der Waals surface area (Å²) in [4.78, 5) is 58.3. The van der Waals surface area contributed by atoms with E-state index in [1.54, 1.807) is 13.8 Å². The Morgan fingerprint density at radius 3 is 1.89 bits per heavy atom. The highest BCUT2D eigenvalue weighted by Crippen LogP contribution is 2.05. The van der Waals surface area contributed by atoms with Crippen molar-refractivity contribution in [1.29, 1.82) is 0 Å². The molecule has 0 heterocycles. The number of aliphatic hydroxyl groups excluding tert-OH is 1. The fourth-order valence-electron chi connectivity index (χ4n) is 2.07. The summed E-state index contributed by atoms with van der Waals surface area (Å²) in [5, 5.41) is 33.6. The number of hydrogen-bond donors (Lipinski definition) is 7. The number of carboxylic acid groups (broad SMARTS) is 2. The van der Waals surface area contributed by atoms with Crippen molar-refractivity contribution >= 4 is 29.7 Å². The summed E-state index contributed by atoms with van der Waals surface area (Å²) in [6.07, 6.45) is -0.734. The normalized spacial score (nSPS) is 15.1. The van der Waals surface area contributed by atoms with Gasteiger partial charge in [-0.25, -0.2) is 4.79 Å². The predicted molar refractivity (Wildman–Crippen MR) is 95.9 cm³/mol. The summed E-state index contributed by atoms with van der Waals surface area (Å²) in [5.41, 5.74) is 5.33. The van der Waals surface area contributed by atoms with E-state index in [1.165, 1.54) is 6.92 Å². The maximum absolute atomic E-state index is 12.4. The van der Waals surface area contributed by atoms with Crippen molar-refractivity contribution in [3.05, 3.63) is 0 Å². The summed E-state index contributed by atoms with van der Waals surface area (Å²) < 4.78 is 0. The zero-order valence-electron chi connectivity index (χ0n) is 16.0. The molecule has 0 rings (SSSR count). The summed E-state index contributed by atoms with van der Waals surface area (Å²) in [6.45, 7) is 3.82. The van der Waals surface area contributed by atoms with E-state index in [4.69, 9.17) is 21.1 Å². The average Bonchev–Trinajstić information content (AvgIpc) is 2.60. The molecular formula is C16H28N4O8. The minimum Gasteiger partial charge on any atom is -0.481 e. The van der Waals surface area contributed by atoms with Gasteiger partial charge < -0.3 is 37.0 Å². The first kappa shape index (κ1) is 25.3. The van der Waals surface area contributed by atoms with Gasteiger partial charge in [0.1, 0.15) is 24.2 Å². The van der Waals surface area contributed by atoms with Gasteiger partial charge in [0, 0.05) is 6.42 Å². The number of carbonyl (C=O) groups excluding carboxylic acids is 3. The van der Waals surface area contributed by atoms with Crippen LogP contribution >= 0.6 is 0 Å². The monoisotopic (exact) mass is 404 g/mol.